The van der Waals surface area contributed by atoms with Crippen LogP contribution in [0, 0.1) is 11.8 Å². The van der Waals surface area contributed by atoms with Crippen LogP contribution in [0.1, 0.15) is 6.42 Å². The lowest BCUT2D eigenvalue weighted by Gasteiger charge is -2.39. The molecule has 0 radical (unpaired) electrons. The molecule has 0 aromatic carbocycles. The first-order valence-electron chi connectivity index (χ1n) is 4.11. The number of fused-ring (bicyclic) bond motifs is 2. The van der Waals surface area contributed by atoms with E-state index in [2.05, 4.69) is 11.9 Å². The summed E-state index contributed by atoms with van der Waals surface area (Å²) in [5, 5.41) is 0. The van der Waals surface area contributed by atoms with Gasteiger partial charge in [0.2, 0.25) is 0 Å². The fourth-order valence-electron chi connectivity index (χ4n) is 2.22. The monoisotopic (exact) mass is 141 g/mol. The molecule has 2 unspecified atom stereocenters. The number of hydrogen-bond donors (Lipinski definition) is 0. The second-order valence-corrected chi connectivity index (χ2v) is 3.73. The molecular weight excluding hydrogens is 126 g/mol. The Balaban J connectivity index is 1.98. The van der Waals surface area contributed by atoms with Crippen LogP contribution in [0.4, 0.5) is 0 Å². The van der Waals surface area contributed by atoms with Crippen molar-refractivity contribution in [3.8, 4) is 0 Å². The molecule has 0 aromatic heterocycles. The fraction of sp³-hybridized carbons (Fsp3) is 1.00. The Morgan fingerprint density at radius 3 is 2.40 bits per heavy atom. The van der Waals surface area contributed by atoms with Crippen molar-refractivity contribution >= 4 is 0 Å². The maximum atomic E-state index is 5.46. The Labute approximate surface area is 62.2 Å². The second kappa shape index (κ2) is 2.51. The van der Waals surface area contributed by atoms with E-state index in [0.29, 0.717) is 0 Å². The average Bonchev–Trinajstić information content (AvgIpc) is 1.85. The molecule has 2 aliphatic rings. The van der Waals surface area contributed by atoms with Gasteiger partial charge in [0.15, 0.2) is 0 Å². The lowest BCUT2D eigenvalue weighted by molar-refractivity contribution is -0.0337. The Morgan fingerprint density at radius 2 is 1.80 bits per heavy atom. The van der Waals surface area contributed by atoms with Crippen LogP contribution in [0.25, 0.3) is 0 Å². The summed E-state index contributed by atoms with van der Waals surface area (Å²) in [7, 11) is 2.21. The number of piperidine rings is 1. The summed E-state index contributed by atoms with van der Waals surface area (Å²) in [4.78, 5) is 2.43. The van der Waals surface area contributed by atoms with Gasteiger partial charge in [-0.25, -0.2) is 0 Å². The first kappa shape index (κ1) is 6.62. The average molecular weight is 141 g/mol. The van der Waals surface area contributed by atoms with E-state index < -0.39 is 0 Å². The molecule has 2 saturated heterocycles. The molecule has 0 aliphatic carbocycles. The molecule has 2 atom stereocenters. The summed E-state index contributed by atoms with van der Waals surface area (Å²) in [5.41, 5.74) is 0. The minimum absolute atomic E-state index is 0.831. The second-order valence-electron chi connectivity index (χ2n) is 3.73. The molecule has 58 valence electrons. The number of hydrogen-bond acceptors (Lipinski definition) is 2. The molecule has 2 bridgehead atoms. The predicted molar refractivity (Wildman–Crippen MR) is 39.9 cm³/mol. The van der Waals surface area contributed by atoms with Gasteiger partial charge in [-0.2, -0.15) is 0 Å². The maximum absolute atomic E-state index is 5.46. The van der Waals surface area contributed by atoms with Crippen molar-refractivity contribution in [3.63, 3.8) is 0 Å². The Morgan fingerprint density at radius 1 is 1.20 bits per heavy atom. The van der Waals surface area contributed by atoms with Crippen molar-refractivity contribution in [2.75, 3.05) is 33.4 Å². The summed E-state index contributed by atoms with van der Waals surface area (Å²) in [6.45, 7) is 4.49. The van der Waals surface area contributed by atoms with E-state index in [9.17, 15) is 0 Å². The van der Waals surface area contributed by atoms with Gasteiger partial charge in [-0.15, -0.1) is 0 Å². The van der Waals surface area contributed by atoms with Crippen LogP contribution in [0.15, 0.2) is 0 Å². The Kier molecular flexibility index (Phi) is 1.66. The molecule has 0 saturated carbocycles. The summed E-state index contributed by atoms with van der Waals surface area (Å²) in [6.07, 6.45) is 1.41. The van der Waals surface area contributed by atoms with Crippen molar-refractivity contribution in [1.82, 2.24) is 4.90 Å². The number of ether oxygens (including phenoxy) is 1. The summed E-state index contributed by atoms with van der Waals surface area (Å²) in [6, 6.07) is 0. The van der Waals surface area contributed by atoms with Crippen molar-refractivity contribution in [3.05, 3.63) is 0 Å². The summed E-state index contributed by atoms with van der Waals surface area (Å²) in [5.74, 6) is 1.66. The van der Waals surface area contributed by atoms with Crippen LogP contribution in [0.3, 0.4) is 0 Å². The van der Waals surface area contributed by atoms with E-state index in [-0.39, 0.29) is 0 Å². The smallest absolute Gasteiger partial charge is 0.0506 e. The molecule has 2 aliphatic heterocycles. The normalized spacial score (nSPS) is 41.7. The van der Waals surface area contributed by atoms with E-state index in [4.69, 9.17) is 4.74 Å². The first-order valence-corrected chi connectivity index (χ1v) is 4.11. The van der Waals surface area contributed by atoms with E-state index in [1.54, 1.807) is 0 Å². The predicted octanol–water partition coefficient (Wildman–Crippen LogP) is 0.585. The van der Waals surface area contributed by atoms with Gasteiger partial charge < -0.3 is 9.64 Å². The van der Waals surface area contributed by atoms with Gasteiger partial charge in [-0.05, 0) is 25.3 Å². The summed E-state index contributed by atoms with van der Waals surface area (Å²) >= 11 is 0. The van der Waals surface area contributed by atoms with Gasteiger partial charge >= 0.3 is 0 Å². The standard InChI is InChI=1S/C8H15NO/c1-9-3-7-2-8(4-9)6-10-5-7/h7-8H,2-6H2,1H3. The molecule has 2 heteroatoms. The van der Waals surface area contributed by atoms with Crippen LogP contribution in [-0.4, -0.2) is 38.3 Å². The SMILES string of the molecule is CN1CC2COCC(C2)C1. The molecule has 0 N–H and O–H groups in total. The number of likely N-dealkylation sites (tertiary alicyclic amines) is 1. The maximum Gasteiger partial charge on any atom is 0.0506 e. The number of nitrogens with zero attached hydrogens (tertiary/aromatic N) is 1. The third-order valence-corrected chi connectivity index (χ3v) is 2.51. The molecule has 0 aromatic rings. The van der Waals surface area contributed by atoms with Crippen LogP contribution in [0.5, 0.6) is 0 Å². The highest BCUT2D eigenvalue weighted by Crippen LogP contribution is 2.25. The van der Waals surface area contributed by atoms with Gasteiger partial charge in [0.1, 0.15) is 0 Å². The van der Waals surface area contributed by atoms with Crippen molar-refractivity contribution in [2.24, 2.45) is 11.8 Å². The lowest BCUT2D eigenvalue weighted by atomic mass is 9.88. The highest BCUT2D eigenvalue weighted by Gasteiger charge is 2.28. The minimum Gasteiger partial charge on any atom is -0.381 e. The van der Waals surface area contributed by atoms with E-state index in [1.165, 1.54) is 19.5 Å². The minimum atomic E-state index is 0.831. The van der Waals surface area contributed by atoms with Gasteiger partial charge in [0.25, 0.3) is 0 Å². The third-order valence-electron chi connectivity index (χ3n) is 2.51. The Hall–Kier alpha value is -0.0800. The third kappa shape index (κ3) is 1.18. The van der Waals surface area contributed by atoms with Crippen LogP contribution in [-0.2, 0) is 4.74 Å². The van der Waals surface area contributed by atoms with Gasteiger partial charge in [-0.1, -0.05) is 0 Å². The highest BCUT2D eigenvalue weighted by molar-refractivity contribution is 4.80. The zero-order chi connectivity index (χ0) is 6.97. The zero-order valence-corrected chi connectivity index (χ0v) is 6.55. The van der Waals surface area contributed by atoms with E-state index in [0.717, 1.165) is 25.0 Å². The zero-order valence-electron chi connectivity index (χ0n) is 6.55. The van der Waals surface area contributed by atoms with Crippen molar-refractivity contribution in [2.45, 2.75) is 6.42 Å². The van der Waals surface area contributed by atoms with Crippen molar-refractivity contribution < 1.29 is 4.74 Å². The molecule has 0 spiro atoms. The summed E-state index contributed by atoms with van der Waals surface area (Å²) < 4.78 is 5.46. The molecule has 2 rings (SSSR count). The largest absolute Gasteiger partial charge is 0.381 e. The fourth-order valence-corrected chi connectivity index (χ4v) is 2.22. The first-order chi connectivity index (χ1) is 4.84. The molecule has 2 fully saturated rings. The van der Waals surface area contributed by atoms with Crippen molar-refractivity contribution in [1.29, 1.82) is 0 Å². The lowest BCUT2D eigenvalue weighted by Crippen LogP contribution is -2.44. The van der Waals surface area contributed by atoms with Crippen LogP contribution >= 0.6 is 0 Å². The van der Waals surface area contributed by atoms with E-state index >= 15 is 0 Å². The molecule has 10 heavy (non-hydrogen) atoms. The van der Waals surface area contributed by atoms with Gasteiger partial charge in [-0.3, -0.25) is 0 Å². The van der Waals surface area contributed by atoms with E-state index in [1.807, 2.05) is 0 Å². The van der Waals surface area contributed by atoms with Crippen LogP contribution in [0.2, 0.25) is 0 Å². The molecule has 0 amide bonds. The topological polar surface area (TPSA) is 12.5 Å². The van der Waals surface area contributed by atoms with Gasteiger partial charge in [0.05, 0.1) is 13.2 Å². The van der Waals surface area contributed by atoms with Crippen LogP contribution < -0.4 is 0 Å². The Bertz CT molecular complexity index is 110. The molecular formula is C8H15NO. The van der Waals surface area contributed by atoms with Gasteiger partial charge in [0, 0.05) is 13.1 Å². The quantitative estimate of drug-likeness (QED) is 0.489. The number of rotatable bonds is 0. The molecule has 2 nitrogen and oxygen atoms in total. The molecule has 2 heterocycles. The highest BCUT2D eigenvalue weighted by atomic mass is 16.5.